The number of aromatic nitrogens is 2. The minimum atomic E-state index is -2.36. The van der Waals surface area contributed by atoms with Gasteiger partial charge in [-0.05, 0) is 24.3 Å². The van der Waals surface area contributed by atoms with Crippen molar-refractivity contribution in [2.45, 2.75) is 0 Å². The van der Waals surface area contributed by atoms with Gasteiger partial charge in [0.05, 0.1) is 5.52 Å². The number of nitrogens with zero attached hydrogens (tertiary/aromatic N) is 2. The Kier molecular flexibility index (Phi) is 2.66. The summed E-state index contributed by atoms with van der Waals surface area (Å²) in [6, 6.07) is 8.84. The van der Waals surface area contributed by atoms with Crippen LogP contribution in [0.3, 0.4) is 0 Å². The molecule has 0 fully saturated rings. The van der Waals surface area contributed by atoms with Gasteiger partial charge in [0.2, 0.25) is 0 Å². The Balaban J connectivity index is 2.42. The number of hydrogen-bond donors (Lipinski definition) is 1. The lowest BCUT2D eigenvalue weighted by molar-refractivity contribution is 0.460. The quantitative estimate of drug-likeness (QED) is 0.565. The van der Waals surface area contributed by atoms with Gasteiger partial charge in [-0.15, -0.1) is 0 Å². The Hall–Kier alpha value is -2.05. The standard InChI is InChI=1S/C12H8N2O3S/c15-18(16)17-10-7-8-3-1-5-13-11(8)12-9(10)4-2-6-14-12/h1-7H,(H,15,16). The molecular weight excluding hydrogens is 252 g/mol. The van der Waals surface area contributed by atoms with E-state index in [1.165, 1.54) is 0 Å². The first-order valence-corrected chi connectivity index (χ1v) is 6.20. The Labute approximate surface area is 105 Å². The van der Waals surface area contributed by atoms with Crippen LogP contribution in [0.5, 0.6) is 5.75 Å². The van der Waals surface area contributed by atoms with Crippen LogP contribution in [0.4, 0.5) is 0 Å². The summed E-state index contributed by atoms with van der Waals surface area (Å²) in [6.45, 7) is 0. The summed E-state index contributed by atoms with van der Waals surface area (Å²) < 4.78 is 24.5. The van der Waals surface area contributed by atoms with E-state index in [2.05, 4.69) is 9.97 Å². The molecule has 18 heavy (non-hydrogen) atoms. The van der Waals surface area contributed by atoms with E-state index < -0.39 is 11.4 Å². The maximum atomic E-state index is 10.8. The first-order valence-electron chi connectivity index (χ1n) is 5.17. The summed E-state index contributed by atoms with van der Waals surface area (Å²) in [5, 5.41) is 1.47. The fraction of sp³-hybridized carbons (Fsp3) is 0. The Morgan fingerprint density at radius 2 is 1.83 bits per heavy atom. The van der Waals surface area contributed by atoms with Crippen LogP contribution >= 0.6 is 0 Å². The van der Waals surface area contributed by atoms with E-state index in [-0.39, 0.29) is 0 Å². The van der Waals surface area contributed by atoms with Crippen LogP contribution < -0.4 is 4.18 Å². The zero-order valence-electron chi connectivity index (χ0n) is 9.11. The maximum absolute atomic E-state index is 10.8. The van der Waals surface area contributed by atoms with Crippen molar-refractivity contribution in [3.63, 3.8) is 0 Å². The molecule has 0 bridgehead atoms. The number of rotatable bonds is 2. The number of fused-ring (bicyclic) bond motifs is 3. The third-order valence-electron chi connectivity index (χ3n) is 2.58. The fourth-order valence-corrected chi connectivity index (χ4v) is 2.18. The molecular formula is C12H8N2O3S. The second-order valence-corrected chi connectivity index (χ2v) is 4.25. The highest BCUT2D eigenvalue weighted by Crippen LogP contribution is 2.31. The number of benzene rings is 1. The number of hydrogen-bond acceptors (Lipinski definition) is 4. The molecule has 3 rings (SSSR count). The van der Waals surface area contributed by atoms with Gasteiger partial charge in [0.25, 0.3) is 0 Å². The molecule has 0 spiro atoms. The van der Waals surface area contributed by atoms with E-state index in [0.29, 0.717) is 16.7 Å². The molecule has 0 radical (unpaired) electrons. The van der Waals surface area contributed by atoms with Gasteiger partial charge >= 0.3 is 11.4 Å². The van der Waals surface area contributed by atoms with Crippen molar-refractivity contribution in [1.82, 2.24) is 9.97 Å². The van der Waals surface area contributed by atoms with Crippen LogP contribution in [0, 0.1) is 0 Å². The minimum absolute atomic E-state index is 0.319. The molecule has 1 atom stereocenters. The summed E-state index contributed by atoms with van der Waals surface area (Å²) in [4.78, 5) is 8.53. The molecule has 0 amide bonds. The van der Waals surface area contributed by atoms with Gasteiger partial charge in [-0.2, -0.15) is 4.21 Å². The summed E-state index contributed by atoms with van der Waals surface area (Å²) in [5.74, 6) is 0.319. The van der Waals surface area contributed by atoms with Gasteiger partial charge in [0, 0.05) is 23.2 Å². The second-order valence-electron chi connectivity index (χ2n) is 3.65. The van der Waals surface area contributed by atoms with Crippen LogP contribution in [0.15, 0.2) is 42.7 Å². The van der Waals surface area contributed by atoms with Crippen LogP contribution in [0.1, 0.15) is 0 Å². The third-order valence-corrected chi connectivity index (χ3v) is 2.91. The van der Waals surface area contributed by atoms with Crippen molar-refractivity contribution in [2.75, 3.05) is 0 Å². The molecule has 0 aliphatic rings. The molecule has 0 saturated carbocycles. The van der Waals surface area contributed by atoms with Gasteiger partial charge < -0.3 is 4.18 Å². The van der Waals surface area contributed by atoms with Crippen LogP contribution in [-0.4, -0.2) is 18.7 Å². The van der Waals surface area contributed by atoms with Crippen LogP contribution in [0.25, 0.3) is 21.8 Å². The normalized spacial score (nSPS) is 12.7. The molecule has 5 nitrogen and oxygen atoms in total. The van der Waals surface area contributed by atoms with Gasteiger partial charge in [0.1, 0.15) is 5.52 Å². The van der Waals surface area contributed by atoms with E-state index in [1.807, 2.05) is 6.07 Å². The first kappa shape index (κ1) is 11.1. The minimum Gasteiger partial charge on any atom is -0.379 e. The van der Waals surface area contributed by atoms with Crippen molar-refractivity contribution in [3.8, 4) is 5.75 Å². The van der Waals surface area contributed by atoms with E-state index in [4.69, 9.17) is 8.74 Å². The van der Waals surface area contributed by atoms with Crippen LogP contribution in [0.2, 0.25) is 0 Å². The van der Waals surface area contributed by atoms with Crippen molar-refractivity contribution >= 4 is 33.2 Å². The topological polar surface area (TPSA) is 72.3 Å². The lowest BCUT2D eigenvalue weighted by atomic mass is 10.1. The van der Waals surface area contributed by atoms with Crippen molar-refractivity contribution in [1.29, 1.82) is 0 Å². The first-order chi connectivity index (χ1) is 8.75. The van der Waals surface area contributed by atoms with E-state index >= 15 is 0 Å². The fourth-order valence-electron chi connectivity index (χ4n) is 1.89. The van der Waals surface area contributed by atoms with Gasteiger partial charge in [-0.3, -0.25) is 14.5 Å². The molecule has 2 heterocycles. The van der Waals surface area contributed by atoms with Crippen molar-refractivity contribution in [3.05, 3.63) is 42.7 Å². The van der Waals surface area contributed by atoms with Crippen molar-refractivity contribution in [2.24, 2.45) is 0 Å². The molecule has 6 heteroatoms. The molecule has 90 valence electrons. The zero-order chi connectivity index (χ0) is 12.5. The summed E-state index contributed by atoms with van der Waals surface area (Å²) in [5.41, 5.74) is 1.39. The highest BCUT2D eigenvalue weighted by Gasteiger charge is 2.10. The molecule has 2 aromatic heterocycles. The van der Waals surface area contributed by atoms with Crippen molar-refractivity contribution < 1.29 is 12.9 Å². The Bertz CT molecular complexity index is 760. The zero-order valence-corrected chi connectivity index (χ0v) is 9.92. The summed E-state index contributed by atoms with van der Waals surface area (Å²) in [6.07, 6.45) is 3.33. The molecule has 0 saturated heterocycles. The Morgan fingerprint density at radius 1 is 1.11 bits per heavy atom. The largest absolute Gasteiger partial charge is 0.379 e. The molecule has 0 aliphatic heterocycles. The predicted molar refractivity (Wildman–Crippen MR) is 68.4 cm³/mol. The summed E-state index contributed by atoms with van der Waals surface area (Å²) in [7, 11) is 0. The van der Waals surface area contributed by atoms with Gasteiger partial charge in [-0.1, -0.05) is 6.07 Å². The van der Waals surface area contributed by atoms with Gasteiger partial charge in [-0.25, -0.2) is 0 Å². The summed E-state index contributed by atoms with van der Waals surface area (Å²) >= 11 is -2.36. The molecule has 1 unspecified atom stereocenters. The highest BCUT2D eigenvalue weighted by atomic mass is 32.2. The SMILES string of the molecule is O=S(O)Oc1cc2cccnc2c2ncccc12. The average Bonchev–Trinajstić information content (AvgIpc) is 2.38. The van der Waals surface area contributed by atoms with Gasteiger partial charge in [0.15, 0.2) is 5.75 Å². The molecule has 0 aliphatic carbocycles. The van der Waals surface area contributed by atoms with E-state index in [9.17, 15) is 4.21 Å². The smallest absolute Gasteiger partial charge is 0.357 e. The monoisotopic (exact) mass is 260 g/mol. The number of pyridine rings is 2. The predicted octanol–water partition coefficient (Wildman–Crippen LogP) is 2.30. The highest BCUT2D eigenvalue weighted by molar-refractivity contribution is 7.74. The van der Waals surface area contributed by atoms with E-state index in [0.717, 1.165) is 10.9 Å². The lowest BCUT2D eigenvalue weighted by Gasteiger charge is -2.07. The molecule has 1 N–H and O–H groups in total. The average molecular weight is 260 g/mol. The second kappa shape index (κ2) is 4.32. The Morgan fingerprint density at radius 3 is 2.61 bits per heavy atom. The molecule has 1 aromatic carbocycles. The van der Waals surface area contributed by atoms with E-state index in [1.54, 1.807) is 36.7 Å². The van der Waals surface area contributed by atoms with Crippen LogP contribution in [-0.2, 0) is 11.4 Å². The third kappa shape index (κ3) is 1.81. The lowest BCUT2D eigenvalue weighted by Crippen LogP contribution is -1.99. The maximum Gasteiger partial charge on any atom is 0.357 e. The molecule has 3 aromatic rings.